The summed E-state index contributed by atoms with van der Waals surface area (Å²) < 4.78 is 14.7. The molecule has 3 rings (SSSR count). The Morgan fingerprint density at radius 2 is 0.988 bits per heavy atom. The van der Waals surface area contributed by atoms with E-state index in [1.807, 2.05) is 37.1 Å². The van der Waals surface area contributed by atoms with Gasteiger partial charge in [0.2, 0.25) is 31.2 Å². The summed E-state index contributed by atoms with van der Waals surface area (Å²) in [4.78, 5) is 133. The first kappa shape index (κ1) is 89.8. The highest BCUT2D eigenvalue weighted by molar-refractivity contribution is 14.1. The minimum absolute atomic E-state index is 0.0334. The lowest BCUT2D eigenvalue weighted by Gasteiger charge is -2.32. The number of amides is 2. The summed E-state index contributed by atoms with van der Waals surface area (Å²) in [6.07, 6.45) is 3.16. The summed E-state index contributed by atoms with van der Waals surface area (Å²) in [5.41, 5.74) is 0.841. The summed E-state index contributed by atoms with van der Waals surface area (Å²) >= 11 is 8.95. The molecular weight excluding hydrogens is 1610 g/mol. The number of amidine groups is 1. The maximum atomic E-state index is 11.5. The van der Waals surface area contributed by atoms with Gasteiger partial charge in [0, 0.05) is 70.4 Å². The van der Waals surface area contributed by atoms with Crippen LogP contribution in [0.25, 0.3) is 0 Å². The zero-order valence-corrected chi connectivity index (χ0v) is 60.3. The molecule has 2 aliphatic heterocycles. The van der Waals surface area contributed by atoms with E-state index in [1.54, 1.807) is 11.1 Å². The lowest BCUT2D eigenvalue weighted by molar-refractivity contribution is -0.148. The number of aromatic nitrogens is 1. The van der Waals surface area contributed by atoms with Crippen LogP contribution in [0.2, 0.25) is 0 Å². The molecule has 3 heterocycles. The van der Waals surface area contributed by atoms with E-state index < -0.39 is 47.8 Å². The second kappa shape index (κ2) is 67.5. The lowest BCUT2D eigenvalue weighted by Crippen LogP contribution is -2.47. The van der Waals surface area contributed by atoms with Gasteiger partial charge in [-0.15, -0.1) is 0 Å². The Balaban J connectivity index is -0.000000304. The molecule has 4 unspecified atom stereocenters. The van der Waals surface area contributed by atoms with E-state index in [0.717, 1.165) is 78.7 Å². The molecule has 0 saturated carbocycles. The van der Waals surface area contributed by atoms with Gasteiger partial charge in [0.1, 0.15) is 25.4 Å². The Morgan fingerprint density at radius 1 is 0.590 bits per heavy atom. The van der Waals surface area contributed by atoms with Gasteiger partial charge in [-0.25, -0.2) is 4.99 Å². The van der Waals surface area contributed by atoms with Gasteiger partial charge in [-0.3, -0.25) is 62.8 Å². The number of hydrogen-bond donors (Lipinski definition) is 6. The summed E-state index contributed by atoms with van der Waals surface area (Å²) in [5.74, 6) is -6.52. The molecule has 1 saturated heterocycles. The largest absolute Gasteiger partial charge is 0.481 e. The number of halogens is 4. The molecule has 0 aliphatic carbocycles. The number of carboxylic acid groups (broad SMARTS) is 5. The van der Waals surface area contributed by atoms with Crippen LogP contribution in [0.3, 0.4) is 0 Å². The highest BCUT2D eigenvalue weighted by atomic mass is 127. The molecule has 6 N–H and O–H groups in total. The molecule has 2 amide bonds. The van der Waals surface area contributed by atoms with Gasteiger partial charge in [0.05, 0.1) is 64.5 Å². The van der Waals surface area contributed by atoms with Crippen molar-refractivity contribution in [2.75, 3.05) is 106 Å². The van der Waals surface area contributed by atoms with Gasteiger partial charge in [0.15, 0.2) is 0 Å². The maximum Gasteiger partial charge on any atom is 0.306 e. The van der Waals surface area contributed by atoms with E-state index in [1.165, 1.54) is 6.34 Å². The Hall–Kier alpha value is -1.99. The van der Waals surface area contributed by atoms with Crippen molar-refractivity contribution >= 4 is 214 Å². The van der Waals surface area contributed by atoms with Gasteiger partial charge >= 0.3 is 47.8 Å². The second-order valence-corrected chi connectivity index (χ2v) is 26.6. The lowest BCUT2D eigenvalue weighted by atomic mass is 10.2. The number of piperazine rings is 1. The van der Waals surface area contributed by atoms with Crippen molar-refractivity contribution in [1.82, 2.24) is 25.0 Å². The molecular formula is C46H79B4I4N7O18P4. The molecule has 1 aromatic heterocycles. The number of likely N-dealkylation sites (N-methyl/N-ethyl adjacent to an activating group) is 1. The van der Waals surface area contributed by atoms with E-state index >= 15 is 0 Å². The third kappa shape index (κ3) is 74.2. The summed E-state index contributed by atoms with van der Waals surface area (Å²) in [5, 5.41) is 44.5. The highest BCUT2D eigenvalue weighted by Crippen LogP contribution is 2.05. The number of ether oxygens (including phenoxy) is 3. The zero-order valence-electron chi connectivity index (χ0n) is 47.7. The van der Waals surface area contributed by atoms with Crippen LogP contribution in [-0.2, 0) is 68.6 Å². The summed E-state index contributed by atoms with van der Waals surface area (Å²) in [6, 6.07) is 5.50. The smallest absolute Gasteiger partial charge is 0.306 e. The molecule has 466 valence electrons. The van der Waals surface area contributed by atoms with E-state index in [-0.39, 0.29) is 95.8 Å². The number of nitrogens with one attached hydrogen (secondary N) is 1. The molecule has 83 heavy (non-hydrogen) atoms. The van der Waals surface area contributed by atoms with Gasteiger partial charge in [0.25, 0.3) is 0 Å². The van der Waals surface area contributed by atoms with E-state index in [9.17, 15) is 47.9 Å². The third-order valence-corrected chi connectivity index (χ3v) is 17.4. The van der Waals surface area contributed by atoms with Gasteiger partial charge < -0.3 is 54.9 Å². The van der Waals surface area contributed by atoms with Crippen LogP contribution in [0.1, 0.15) is 83.2 Å². The third-order valence-electron chi connectivity index (χ3n) is 9.09. The number of esters is 3. The molecule has 0 aromatic carbocycles. The van der Waals surface area contributed by atoms with Crippen molar-refractivity contribution in [3.8, 4) is 0 Å². The molecule has 37 heteroatoms. The number of pyridine rings is 1. The number of nitrogens with zero attached hydrogens (tertiary/aromatic N) is 6. The van der Waals surface area contributed by atoms with E-state index in [2.05, 4.69) is 161 Å². The number of carbonyl (C=O) groups is 10. The van der Waals surface area contributed by atoms with Crippen molar-refractivity contribution in [1.29, 1.82) is 0 Å². The first-order chi connectivity index (χ1) is 39.5. The zero-order chi connectivity index (χ0) is 64.1. The Morgan fingerprint density at radius 3 is 1.34 bits per heavy atom. The molecule has 0 bridgehead atoms. The fraction of sp³-hybridized carbons (Fsp3) is 0.630. The van der Waals surface area contributed by atoms with Crippen molar-refractivity contribution in [3.05, 3.63) is 30.1 Å². The number of aliphatic carboxylic acids is 5. The number of carbonyl (C=O) groups excluding carboxylic acids is 5. The molecule has 1 aromatic rings. The van der Waals surface area contributed by atoms with Crippen LogP contribution in [0.4, 0.5) is 0 Å². The maximum absolute atomic E-state index is 11.5. The van der Waals surface area contributed by atoms with Gasteiger partial charge in [-0.1, -0.05) is 39.6 Å². The van der Waals surface area contributed by atoms with Crippen LogP contribution in [0.5, 0.6) is 0 Å². The van der Waals surface area contributed by atoms with Crippen LogP contribution < -0.4 is 5.32 Å². The van der Waals surface area contributed by atoms with Crippen molar-refractivity contribution < 1.29 is 87.7 Å². The Bertz CT molecular complexity index is 1930. The molecule has 4 radical (unpaired) electrons. The number of aliphatic imine (C=N–C) groups is 2. The predicted molar refractivity (Wildman–Crippen MR) is 371 cm³/mol. The predicted octanol–water partition coefficient (Wildman–Crippen LogP) is 5.64. The fourth-order valence-electron chi connectivity index (χ4n) is 5.11. The van der Waals surface area contributed by atoms with Gasteiger partial charge in [-0.05, 0) is 32.1 Å². The average Bonchev–Trinajstić information content (AvgIpc) is 3.99. The number of rotatable bonds is 30. The molecule has 2 aliphatic rings. The van der Waals surface area contributed by atoms with Crippen LogP contribution in [0, 0.1) is 0 Å². The number of carboxylic acids is 5. The van der Waals surface area contributed by atoms with E-state index in [0.29, 0.717) is 31.9 Å². The standard InChI is InChI=1S/C15H25NO8.C11H13NO4.C9H16N2O3.C7H9N3O3.4CH4BIP/c1-2-7-16(8-10-23-14(21)5-3-12(17)18)9-11-24-15(22)6-4-13(19)20;13-10(14)4-5-11(15)16-8-6-9-3-1-2-7-12-9;1-10-4-6-11(7-5-10)8(12)2-3-9(13)14;11-6(1-2-7(12)13)10-5-3-8-4-9-5;4*1-4-2-3/h2-11H2,1H3,(H,17,18)(H,19,20);1-3,7H,4-6,8H2,(H,13,14);2-7H2,1H3,(H,13,14);4H,1-3H2,(H,12,13)(H,8,9,10,11);4*4H,1H3. The van der Waals surface area contributed by atoms with Gasteiger partial charge in [-0.2, -0.15) is 123 Å². The average molecular weight is 1690 g/mol. The van der Waals surface area contributed by atoms with Crippen molar-refractivity contribution in [3.63, 3.8) is 0 Å². The normalized spacial score (nSPS) is 12.0. The summed E-state index contributed by atoms with van der Waals surface area (Å²) in [6.45, 7) is 16.2. The van der Waals surface area contributed by atoms with Crippen LogP contribution in [-0.4, -0.2) is 242 Å². The minimum Gasteiger partial charge on any atom is -0.481 e. The molecule has 4 atom stereocenters. The SMILES string of the molecule is CCCN(CCOC(=O)CCC(=O)O)CCOC(=O)CCC(=O)O.CN1CCN(C(=O)CCC(=O)O)CC1.CP[B]I.CP[B]I.CP[B]I.CP[B]I.O=C(O)CCC(=O)NC1=NC=NC1.O=C(O)CCC(=O)OCCc1ccccn1. The Labute approximate surface area is 552 Å². The highest BCUT2D eigenvalue weighted by Gasteiger charge is 2.19. The minimum atomic E-state index is -1.05. The molecule has 25 nitrogen and oxygen atoms in total. The van der Waals surface area contributed by atoms with Crippen molar-refractivity contribution in [2.45, 2.75) is 84.0 Å². The summed E-state index contributed by atoms with van der Waals surface area (Å²) in [7, 11) is 6.02. The number of hydrogen-bond acceptors (Lipinski definition) is 18. The molecule has 0 spiro atoms. The monoisotopic (exact) mass is 1690 g/mol. The first-order valence-corrected chi connectivity index (χ1v) is 36.6. The van der Waals surface area contributed by atoms with Crippen molar-refractivity contribution in [2.24, 2.45) is 9.98 Å². The fourth-order valence-corrected chi connectivity index (χ4v) is 5.11. The van der Waals surface area contributed by atoms with Crippen LogP contribution in [0.15, 0.2) is 34.4 Å². The second-order valence-electron chi connectivity index (χ2n) is 15.9. The first-order valence-electron chi connectivity index (χ1n) is 25.3. The van der Waals surface area contributed by atoms with E-state index in [4.69, 9.17) is 39.7 Å². The Kier molecular flexibility index (Phi) is 73.0. The molecule has 1 fully saturated rings. The van der Waals surface area contributed by atoms with Crippen LogP contribution >= 0.6 is 123 Å². The quantitative estimate of drug-likeness (QED) is 0.0178. The topological polar surface area (TPSA) is 359 Å².